The van der Waals surface area contributed by atoms with Crippen molar-refractivity contribution in [3.8, 4) is 0 Å². The van der Waals surface area contributed by atoms with Gasteiger partial charge in [0.15, 0.2) is 5.96 Å². The second-order valence-corrected chi connectivity index (χ2v) is 10.4. The van der Waals surface area contributed by atoms with Crippen LogP contribution in [0.15, 0.2) is 4.99 Å². The number of nitrogens with one attached hydrogen (secondary N) is 4. The number of aliphatic imine (C=N–C) groups is 1. The molecule has 0 spiro atoms. The Morgan fingerprint density at radius 2 is 1.77 bits per heavy atom. The van der Waals surface area contributed by atoms with Gasteiger partial charge in [0, 0.05) is 29.8 Å². The third-order valence-corrected chi connectivity index (χ3v) is 7.47. The number of halogens is 4. The number of carbonyl (C=O) groups excluding carboxylic acids is 1. The normalized spacial score (nSPS) is 42.7. The Balaban J connectivity index is 1.41. The number of hydrogen-bond donors (Lipinski definition) is 4. The highest BCUT2D eigenvalue weighted by molar-refractivity contribution is 6.21. The summed E-state index contributed by atoms with van der Waals surface area (Å²) in [6.07, 6.45) is 3.30. The highest BCUT2D eigenvalue weighted by atomic mass is 35.5. The van der Waals surface area contributed by atoms with Crippen molar-refractivity contribution in [2.75, 3.05) is 0 Å². The Kier molecular flexibility index (Phi) is 7.38. The number of amides is 1. The third kappa shape index (κ3) is 5.96. The molecule has 0 bridgehead atoms. The molecule has 30 heavy (non-hydrogen) atoms. The van der Waals surface area contributed by atoms with Gasteiger partial charge < -0.3 is 5.32 Å². The highest BCUT2D eigenvalue weighted by Crippen LogP contribution is 2.36. The van der Waals surface area contributed by atoms with Crippen LogP contribution in [-0.4, -0.2) is 53.2 Å². The van der Waals surface area contributed by atoms with Gasteiger partial charge in [-0.1, -0.05) is 0 Å². The minimum atomic E-state index is -1.19. The zero-order valence-corrected chi connectivity index (χ0v) is 18.4. The van der Waals surface area contributed by atoms with Crippen LogP contribution in [0.4, 0.5) is 8.78 Å². The molecule has 0 aromatic carbocycles. The van der Waals surface area contributed by atoms with E-state index in [9.17, 15) is 13.6 Å². The standard InChI is InChI=1S/C20H31Cl2F2N5O/c21-12-6-13(23)8-14(7-12)25-20(26-18-9-17(28-29-18)10-1-2-10)27-19(30)11-3-4-15(22)16(24)5-11/h10-18,28-29H,1-9H2,(H2,25,26,27,30). The molecule has 1 saturated heterocycles. The van der Waals surface area contributed by atoms with Crippen LogP contribution in [0.2, 0.25) is 0 Å². The summed E-state index contributed by atoms with van der Waals surface area (Å²) in [6, 6.07) is 0.163. The first-order valence-electron chi connectivity index (χ1n) is 11.1. The molecule has 0 aromatic heterocycles. The molecule has 6 nitrogen and oxygen atoms in total. The lowest BCUT2D eigenvalue weighted by atomic mass is 9.87. The Bertz CT molecular complexity index is 643. The molecule has 1 amide bonds. The van der Waals surface area contributed by atoms with E-state index in [2.05, 4.69) is 26.5 Å². The number of carbonyl (C=O) groups is 1. The highest BCUT2D eigenvalue weighted by Gasteiger charge is 2.37. The summed E-state index contributed by atoms with van der Waals surface area (Å²) in [5.41, 5.74) is 6.45. The van der Waals surface area contributed by atoms with Crippen LogP contribution in [0.25, 0.3) is 0 Å². The second kappa shape index (κ2) is 9.84. The van der Waals surface area contributed by atoms with Crippen LogP contribution >= 0.6 is 23.2 Å². The van der Waals surface area contributed by atoms with E-state index in [0.717, 1.165) is 6.42 Å². The Hall–Kier alpha value is -0.700. The van der Waals surface area contributed by atoms with E-state index in [1.807, 2.05) is 0 Å². The Morgan fingerprint density at radius 3 is 2.47 bits per heavy atom. The molecule has 4 aliphatic rings. The zero-order valence-electron chi connectivity index (χ0n) is 16.9. The summed E-state index contributed by atoms with van der Waals surface area (Å²) < 4.78 is 28.0. The van der Waals surface area contributed by atoms with Crippen molar-refractivity contribution < 1.29 is 13.6 Å². The topological polar surface area (TPSA) is 77.5 Å². The SMILES string of the molecule is O=C(N/C(=N\C1CC(C2CC2)NN1)NC1CC(F)CC(Cl)C1)C1CCC(Cl)C(F)C1. The molecule has 0 radical (unpaired) electrons. The summed E-state index contributed by atoms with van der Waals surface area (Å²) in [4.78, 5) is 17.5. The van der Waals surface area contributed by atoms with Crippen LogP contribution < -0.4 is 21.5 Å². The lowest BCUT2D eigenvalue weighted by Gasteiger charge is -2.31. The van der Waals surface area contributed by atoms with E-state index < -0.39 is 23.6 Å². The third-order valence-electron chi connectivity index (χ3n) is 6.63. The van der Waals surface area contributed by atoms with E-state index in [0.29, 0.717) is 50.0 Å². The molecule has 4 N–H and O–H groups in total. The smallest absolute Gasteiger partial charge is 0.229 e. The molecule has 1 aliphatic heterocycles. The molecule has 4 rings (SSSR count). The average Bonchev–Trinajstić information content (AvgIpc) is 3.42. The molecule has 8 atom stereocenters. The van der Waals surface area contributed by atoms with Crippen molar-refractivity contribution in [3.05, 3.63) is 0 Å². The minimum Gasteiger partial charge on any atom is -0.353 e. The van der Waals surface area contributed by atoms with Crippen molar-refractivity contribution in [1.82, 2.24) is 21.5 Å². The summed E-state index contributed by atoms with van der Waals surface area (Å²) >= 11 is 12.1. The maximum Gasteiger partial charge on any atom is 0.229 e. The first kappa shape index (κ1) is 22.5. The van der Waals surface area contributed by atoms with Crippen LogP contribution in [-0.2, 0) is 4.79 Å². The minimum absolute atomic E-state index is 0.111. The molecule has 1 heterocycles. The monoisotopic (exact) mass is 465 g/mol. The summed E-state index contributed by atoms with van der Waals surface area (Å²) in [5, 5.41) is 5.26. The van der Waals surface area contributed by atoms with Crippen molar-refractivity contribution in [3.63, 3.8) is 0 Å². The number of hydrazine groups is 1. The van der Waals surface area contributed by atoms with Crippen LogP contribution in [0.1, 0.15) is 57.8 Å². The second-order valence-electron chi connectivity index (χ2n) is 9.24. The van der Waals surface area contributed by atoms with E-state index >= 15 is 0 Å². The van der Waals surface area contributed by atoms with Gasteiger partial charge in [0.2, 0.25) is 5.91 Å². The molecular formula is C20H31Cl2F2N5O. The van der Waals surface area contributed by atoms with E-state index in [4.69, 9.17) is 23.2 Å². The van der Waals surface area contributed by atoms with Gasteiger partial charge in [0.05, 0.1) is 5.38 Å². The lowest BCUT2D eigenvalue weighted by Crippen LogP contribution is -2.51. The average molecular weight is 466 g/mol. The predicted molar refractivity (Wildman–Crippen MR) is 114 cm³/mol. The molecule has 10 heteroatoms. The van der Waals surface area contributed by atoms with Gasteiger partial charge >= 0.3 is 0 Å². The van der Waals surface area contributed by atoms with Crippen LogP contribution in [0.3, 0.4) is 0 Å². The number of guanidine groups is 1. The van der Waals surface area contributed by atoms with Crippen molar-refractivity contribution in [2.45, 2.75) is 99.1 Å². The molecule has 0 aromatic rings. The van der Waals surface area contributed by atoms with Crippen molar-refractivity contribution in [2.24, 2.45) is 16.8 Å². The van der Waals surface area contributed by atoms with Gasteiger partial charge in [-0.05, 0) is 57.3 Å². The molecular weight excluding hydrogens is 435 g/mol. The Morgan fingerprint density at radius 1 is 0.967 bits per heavy atom. The van der Waals surface area contributed by atoms with E-state index in [-0.39, 0.29) is 29.9 Å². The number of hydrogen-bond acceptors (Lipinski definition) is 4. The maximum atomic E-state index is 14.0. The molecule has 8 unspecified atom stereocenters. The Labute approximate surface area is 186 Å². The number of alkyl halides is 4. The quantitative estimate of drug-likeness (QED) is 0.292. The fraction of sp³-hybridized carbons (Fsp3) is 0.900. The van der Waals surface area contributed by atoms with Crippen LogP contribution in [0, 0.1) is 11.8 Å². The van der Waals surface area contributed by atoms with E-state index in [1.165, 1.54) is 12.8 Å². The largest absolute Gasteiger partial charge is 0.353 e. The van der Waals surface area contributed by atoms with Gasteiger partial charge in [-0.25, -0.2) is 19.2 Å². The molecule has 170 valence electrons. The summed E-state index contributed by atoms with van der Waals surface area (Å²) in [7, 11) is 0. The van der Waals surface area contributed by atoms with E-state index in [1.54, 1.807) is 0 Å². The first-order chi connectivity index (χ1) is 14.4. The molecule has 4 fully saturated rings. The van der Waals surface area contributed by atoms with Gasteiger partial charge in [0.1, 0.15) is 18.5 Å². The van der Waals surface area contributed by atoms with Gasteiger partial charge in [-0.3, -0.25) is 15.5 Å². The summed E-state index contributed by atoms with van der Waals surface area (Å²) in [6.45, 7) is 0. The maximum absolute atomic E-state index is 14.0. The number of rotatable bonds is 4. The fourth-order valence-corrected chi connectivity index (χ4v) is 5.38. The lowest BCUT2D eigenvalue weighted by molar-refractivity contribution is -0.125. The predicted octanol–water partition coefficient (Wildman–Crippen LogP) is 2.89. The van der Waals surface area contributed by atoms with Gasteiger partial charge in [0.25, 0.3) is 0 Å². The van der Waals surface area contributed by atoms with Crippen LogP contribution in [0.5, 0.6) is 0 Å². The van der Waals surface area contributed by atoms with Gasteiger partial charge in [-0.15, -0.1) is 23.2 Å². The zero-order chi connectivity index (χ0) is 21.3. The van der Waals surface area contributed by atoms with Crippen molar-refractivity contribution in [1.29, 1.82) is 0 Å². The fourth-order valence-electron chi connectivity index (χ4n) is 4.75. The first-order valence-corrected chi connectivity index (χ1v) is 12.0. The number of nitrogens with zero attached hydrogens (tertiary/aromatic N) is 1. The molecule has 3 aliphatic carbocycles. The molecule has 3 saturated carbocycles. The summed E-state index contributed by atoms with van der Waals surface area (Å²) in [5.74, 6) is 0.268. The van der Waals surface area contributed by atoms with Crippen molar-refractivity contribution >= 4 is 35.1 Å². The van der Waals surface area contributed by atoms with Gasteiger partial charge in [-0.2, -0.15) is 0 Å².